The first-order valence-corrected chi connectivity index (χ1v) is 20.5. The molecule has 0 heterocycles. The SMILES string of the molecule is CCCCCCCCCCCCN(CCO)CCCCCCCCCC(=O)ON(CCCCCCCC)CCCCCCCC. The van der Waals surface area contributed by atoms with E-state index in [9.17, 15) is 9.90 Å². The number of rotatable bonds is 38. The van der Waals surface area contributed by atoms with E-state index in [1.807, 2.05) is 5.06 Å². The predicted octanol–water partition coefficient (Wildman–Crippen LogP) is 11.8. The van der Waals surface area contributed by atoms with Crippen molar-refractivity contribution in [3.63, 3.8) is 0 Å². The van der Waals surface area contributed by atoms with Gasteiger partial charge in [-0.1, -0.05) is 175 Å². The summed E-state index contributed by atoms with van der Waals surface area (Å²) in [5.74, 6) is -0.0293. The average Bonchev–Trinajstić information content (AvgIpc) is 3.04. The Balaban J connectivity index is 3.91. The van der Waals surface area contributed by atoms with E-state index >= 15 is 0 Å². The molecule has 5 nitrogen and oxygen atoms in total. The summed E-state index contributed by atoms with van der Waals surface area (Å²) in [6.45, 7) is 11.9. The van der Waals surface area contributed by atoms with Gasteiger partial charge in [0.1, 0.15) is 0 Å². The van der Waals surface area contributed by atoms with Gasteiger partial charge in [0.15, 0.2) is 0 Å². The highest BCUT2D eigenvalue weighted by atomic mass is 16.7. The summed E-state index contributed by atoms with van der Waals surface area (Å²) < 4.78 is 0. The maximum absolute atomic E-state index is 12.6. The topological polar surface area (TPSA) is 53.0 Å². The van der Waals surface area contributed by atoms with Crippen molar-refractivity contribution in [2.75, 3.05) is 39.3 Å². The van der Waals surface area contributed by atoms with Crippen LogP contribution in [0.3, 0.4) is 0 Å². The highest BCUT2D eigenvalue weighted by Crippen LogP contribution is 2.14. The van der Waals surface area contributed by atoms with E-state index in [1.54, 1.807) is 0 Å². The molecule has 0 bridgehead atoms. The zero-order chi connectivity index (χ0) is 32.9. The molecular formula is C40H82N2O3. The molecule has 0 atom stereocenters. The van der Waals surface area contributed by atoms with Crippen LogP contribution in [0.4, 0.5) is 0 Å². The molecule has 0 amide bonds. The molecule has 45 heavy (non-hydrogen) atoms. The van der Waals surface area contributed by atoms with Crippen LogP contribution in [0.1, 0.15) is 213 Å². The van der Waals surface area contributed by atoms with Crippen molar-refractivity contribution in [1.29, 1.82) is 0 Å². The minimum Gasteiger partial charge on any atom is -0.395 e. The lowest BCUT2D eigenvalue weighted by Crippen LogP contribution is -2.29. The van der Waals surface area contributed by atoms with E-state index in [2.05, 4.69) is 25.7 Å². The first-order valence-electron chi connectivity index (χ1n) is 20.5. The zero-order valence-corrected chi connectivity index (χ0v) is 31.1. The molecule has 0 radical (unpaired) electrons. The fourth-order valence-electron chi connectivity index (χ4n) is 6.32. The molecule has 5 heteroatoms. The summed E-state index contributed by atoms with van der Waals surface area (Å²) in [6, 6.07) is 0. The molecule has 0 saturated carbocycles. The van der Waals surface area contributed by atoms with Crippen LogP contribution >= 0.6 is 0 Å². The molecule has 0 aliphatic heterocycles. The standard InChI is InChI=1S/C40H82N2O3/c1-4-7-10-13-16-17-18-21-24-29-34-41(38-39-43)35-30-25-22-19-20-23-28-33-40(44)45-42(36-31-26-14-11-8-5-2)37-32-27-15-12-9-6-3/h43H,4-39H2,1-3H3. The minimum absolute atomic E-state index is 0.0293. The van der Waals surface area contributed by atoms with Crippen molar-refractivity contribution in [1.82, 2.24) is 9.96 Å². The molecule has 0 aromatic carbocycles. The van der Waals surface area contributed by atoms with E-state index in [1.165, 1.54) is 161 Å². The summed E-state index contributed by atoms with van der Waals surface area (Å²) in [5.41, 5.74) is 0. The van der Waals surface area contributed by atoms with Crippen LogP contribution in [-0.2, 0) is 9.63 Å². The molecule has 270 valence electrons. The Bertz CT molecular complexity index is 558. The Hall–Kier alpha value is -0.650. The Labute approximate surface area is 283 Å². The van der Waals surface area contributed by atoms with Gasteiger partial charge in [-0.05, 0) is 45.2 Å². The molecule has 0 unspecified atom stereocenters. The number of hydrogen-bond donors (Lipinski definition) is 1. The Morgan fingerprint density at radius 3 is 1.09 bits per heavy atom. The van der Waals surface area contributed by atoms with Crippen molar-refractivity contribution in [2.24, 2.45) is 0 Å². The van der Waals surface area contributed by atoms with Gasteiger partial charge in [0.2, 0.25) is 0 Å². The number of carbonyl (C=O) groups excluding carboxylic acids is 1. The van der Waals surface area contributed by atoms with Gasteiger partial charge in [0.25, 0.3) is 0 Å². The van der Waals surface area contributed by atoms with Crippen molar-refractivity contribution < 1.29 is 14.7 Å². The monoisotopic (exact) mass is 639 g/mol. The smallest absolute Gasteiger partial charge is 0.325 e. The van der Waals surface area contributed by atoms with E-state index in [0.29, 0.717) is 6.42 Å². The van der Waals surface area contributed by atoms with Crippen molar-refractivity contribution in [2.45, 2.75) is 213 Å². The molecule has 0 fully saturated rings. The molecular weight excluding hydrogens is 556 g/mol. The summed E-state index contributed by atoms with van der Waals surface area (Å²) in [7, 11) is 0. The quantitative estimate of drug-likeness (QED) is 0.0538. The van der Waals surface area contributed by atoms with E-state index in [0.717, 1.165) is 58.4 Å². The molecule has 0 aromatic heterocycles. The van der Waals surface area contributed by atoms with Gasteiger partial charge in [0.05, 0.1) is 6.61 Å². The van der Waals surface area contributed by atoms with Gasteiger partial charge in [0, 0.05) is 26.1 Å². The minimum atomic E-state index is -0.0293. The molecule has 0 aliphatic carbocycles. The first kappa shape index (κ1) is 44.4. The average molecular weight is 639 g/mol. The Morgan fingerprint density at radius 1 is 0.422 bits per heavy atom. The summed E-state index contributed by atoms with van der Waals surface area (Å²) in [4.78, 5) is 20.9. The van der Waals surface area contributed by atoms with Crippen LogP contribution in [0.15, 0.2) is 0 Å². The van der Waals surface area contributed by atoms with Gasteiger partial charge >= 0.3 is 5.97 Å². The lowest BCUT2D eigenvalue weighted by molar-refractivity contribution is -0.191. The highest BCUT2D eigenvalue weighted by molar-refractivity contribution is 5.68. The summed E-state index contributed by atoms with van der Waals surface area (Å²) in [5, 5.41) is 11.5. The van der Waals surface area contributed by atoms with Crippen molar-refractivity contribution in [3.8, 4) is 0 Å². The largest absolute Gasteiger partial charge is 0.395 e. The normalized spacial score (nSPS) is 11.7. The number of aliphatic hydroxyl groups excluding tert-OH is 1. The van der Waals surface area contributed by atoms with E-state index in [-0.39, 0.29) is 12.6 Å². The second kappa shape index (κ2) is 37.8. The van der Waals surface area contributed by atoms with Gasteiger partial charge < -0.3 is 14.8 Å². The van der Waals surface area contributed by atoms with Crippen LogP contribution in [0.5, 0.6) is 0 Å². The van der Waals surface area contributed by atoms with Crippen LogP contribution in [0.2, 0.25) is 0 Å². The summed E-state index contributed by atoms with van der Waals surface area (Å²) >= 11 is 0. The predicted molar refractivity (Wildman–Crippen MR) is 197 cm³/mol. The fourth-order valence-corrected chi connectivity index (χ4v) is 6.32. The number of aliphatic hydroxyl groups is 1. The molecule has 0 saturated heterocycles. The summed E-state index contributed by atoms with van der Waals surface area (Å²) in [6.07, 6.45) is 37.9. The number of nitrogens with zero attached hydrogens (tertiary/aromatic N) is 2. The van der Waals surface area contributed by atoms with Gasteiger partial charge in [-0.25, -0.2) is 0 Å². The fraction of sp³-hybridized carbons (Fsp3) is 0.975. The Kier molecular flexibility index (Phi) is 37.3. The first-order chi connectivity index (χ1) is 22.2. The van der Waals surface area contributed by atoms with E-state index < -0.39 is 0 Å². The van der Waals surface area contributed by atoms with Crippen LogP contribution in [-0.4, -0.2) is 60.4 Å². The highest BCUT2D eigenvalue weighted by Gasteiger charge is 2.12. The Morgan fingerprint density at radius 2 is 0.733 bits per heavy atom. The lowest BCUT2D eigenvalue weighted by Gasteiger charge is -2.21. The van der Waals surface area contributed by atoms with E-state index in [4.69, 9.17) is 4.84 Å². The second-order valence-corrected chi connectivity index (χ2v) is 13.9. The van der Waals surface area contributed by atoms with Crippen molar-refractivity contribution in [3.05, 3.63) is 0 Å². The molecule has 0 rings (SSSR count). The second-order valence-electron chi connectivity index (χ2n) is 13.9. The molecule has 0 aromatic rings. The van der Waals surface area contributed by atoms with Gasteiger partial charge in [-0.3, -0.25) is 4.79 Å². The molecule has 1 N–H and O–H groups in total. The number of unbranched alkanes of at least 4 members (excludes halogenated alkanes) is 25. The number of carbonyl (C=O) groups is 1. The zero-order valence-electron chi connectivity index (χ0n) is 31.1. The number of hydroxylamine groups is 2. The number of hydrogen-bond acceptors (Lipinski definition) is 5. The van der Waals surface area contributed by atoms with Crippen LogP contribution in [0.25, 0.3) is 0 Å². The third-order valence-corrected chi connectivity index (χ3v) is 9.35. The van der Waals surface area contributed by atoms with Crippen molar-refractivity contribution >= 4 is 5.97 Å². The maximum atomic E-state index is 12.6. The third-order valence-electron chi connectivity index (χ3n) is 9.35. The van der Waals surface area contributed by atoms with Gasteiger partial charge in [-0.15, -0.1) is 5.06 Å². The van der Waals surface area contributed by atoms with Crippen LogP contribution in [0, 0.1) is 0 Å². The van der Waals surface area contributed by atoms with Crippen LogP contribution < -0.4 is 0 Å². The van der Waals surface area contributed by atoms with Gasteiger partial charge in [-0.2, -0.15) is 0 Å². The third kappa shape index (κ3) is 34.5. The molecule has 0 spiro atoms. The molecule has 0 aliphatic rings. The maximum Gasteiger partial charge on any atom is 0.325 e. The lowest BCUT2D eigenvalue weighted by atomic mass is 10.1.